The van der Waals surface area contributed by atoms with E-state index in [1.807, 2.05) is 17.5 Å². The van der Waals surface area contributed by atoms with E-state index in [2.05, 4.69) is 10.0 Å². The largest absolute Gasteiger partial charge is 0.337 e. The van der Waals surface area contributed by atoms with Crippen molar-refractivity contribution < 1.29 is 13.2 Å². The Labute approximate surface area is 164 Å². The molecule has 1 atom stereocenters. The van der Waals surface area contributed by atoms with Crippen LogP contribution in [-0.4, -0.2) is 45.4 Å². The van der Waals surface area contributed by atoms with Gasteiger partial charge in [0.05, 0.1) is 4.90 Å². The van der Waals surface area contributed by atoms with Gasteiger partial charge in [0, 0.05) is 36.6 Å². The summed E-state index contributed by atoms with van der Waals surface area (Å²) < 4.78 is 27.5. The van der Waals surface area contributed by atoms with Gasteiger partial charge in [0.1, 0.15) is 0 Å². The number of halogens is 1. The lowest BCUT2D eigenvalue weighted by Crippen LogP contribution is -2.38. The lowest BCUT2D eigenvalue weighted by molar-refractivity contribution is 0.0743. The van der Waals surface area contributed by atoms with Crippen LogP contribution < -0.4 is 10.0 Å². The molecule has 2 N–H and O–H groups in total. The third-order valence-electron chi connectivity index (χ3n) is 4.31. The quantitative estimate of drug-likeness (QED) is 0.757. The topological polar surface area (TPSA) is 78.5 Å². The molecular weight excluding hydrogens is 394 g/mol. The Kier molecular flexibility index (Phi) is 7.19. The van der Waals surface area contributed by atoms with Gasteiger partial charge in [-0.1, -0.05) is 12.1 Å². The molecule has 0 saturated carbocycles. The van der Waals surface area contributed by atoms with Crippen LogP contribution in [0.2, 0.25) is 0 Å². The summed E-state index contributed by atoms with van der Waals surface area (Å²) in [6.45, 7) is 1.90. The summed E-state index contributed by atoms with van der Waals surface area (Å²) in [5.74, 6) is -0.163. The number of nitrogens with zero attached hydrogens (tertiary/aromatic N) is 1. The third kappa shape index (κ3) is 4.83. The summed E-state index contributed by atoms with van der Waals surface area (Å²) >= 11 is 1.49. The zero-order valence-corrected chi connectivity index (χ0v) is 16.8. The van der Waals surface area contributed by atoms with Gasteiger partial charge in [-0.15, -0.1) is 23.7 Å². The van der Waals surface area contributed by atoms with Gasteiger partial charge in [-0.25, -0.2) is 13.1 Å². The lowest BCUT2D eigenvalue weighted by atomic mass is 10.1. The maximum absolute atomic E-state index is 12.6. The van der Waals surface area contributed by atoms with E-state index >= 15 is 0 Å². The number of nitrogens with one attached hydrogen (secondary N) is 2. The monoisotopic (exact) mass is 415 g/mol. The molecule has 0 aliphatic carbocycles. The van der Waals surface area contributed by atoms with E-state index in [0.717, 1.165) is 24.4 Å². The normalized spacial score (nSPS) is 16.9. The highest BCUT2D eigenvalue weighted by Crippen LogP contribution is 2.17. The fourth-order valence-electron chi connectivity index (χ4n) is 2.80. The highest BCUT2D eigenvalue weighted by atomic mass is 35.5. The van der Waals surface area contributed by atoms with Crippen molar-refractivity contribution in [3.8, 4) is 0 Å². The number of carbonyl (C=O) groups excluding carboxylic acids is 1. The molecule has 1 aromatic heterocycles. The predicted molar refractivity (Wildman–Crippen MR) is 105 cm³/mol. The van der Waals surface area contributed by atoms with E-state index in [1.165, 1.54) is 23.5 Å². The summed E-state index contributed by atoms with van der Waals surface area (Å²) in [4.78, 5) is 15.4. The van der Waals surface area contributed by atoms with Gasteiger partial charge < -0.3 is 10.2 Å². The Balaban J connectivity index is 0.00000243. The van der Waals surface area contributed by atoms with E-state index in [4.69, 9.17) is 0 Å². The number of likely N-dealkylation sites (N-methyl/N-ethyl adjacent to an activating group) is 1. The van der Waals surface area contributed by atoms with Gasteiger partial charge in [-0.3, -0.25) is 4.79 Å². The van der Waals surface area contributed by atoms with Gasteiger partial charge >= 0.3 is 0 Å². The molecule has 2 aromatic rings. The molecule has 0 bridgehead atoms. The lowest BCUT2D eigenvalue weighted by Gasteiger charge is -2.24. The number of thiophene rings is 1. The fraction of sp³-hybridized carbons (Fsp3) is 0.353. The molecule has 9 heteroatoms. The Hall–Kier alpha value is -1.45. The summed E-state index contributed by atoms with van der Waals surface area (Å²) in [5, 5.41) is 5.13. The minimum absolute atomic E-state index is 0. The molecule has 0 radical (unpaired) electrons. The van der Waals surface area contributed by atoms with Crippen molar-refractivity contribution in [2.75, 3.05) is 20.1 Å². The van der Waals surface area contributed by atoms with E-state index in [-0.39, 0.29) is 35.8 Å². The van der Waals surface area contributed by atoms with E-state index in [0.29, 0.717) is 5.56 Å². The summed E-state index contributed by atoms with van der Waals surface area (Å²) in [5.41, 5.74) is 0.383. The molecule has 2 heterocycles. The van der Waals surface area contributed by atoms with Crippen molar-refractivity contribution in [2.45, 2.75) is 23.9 Å². The van der Waals surface area contributed by atoms with Crippen LogP contribution in [0.15, 0.2) is 46.7 Å². The molecule has 142 valence electrons. The van der Waals surface area contributed by atoms with E-state index in [9.17, 15) is 13.2 Å². The predicted octanol–water partition coefficient (Wildman–Crippen LogP) is 2.08. The number of benzene rings is 1. The Morgan fingerprint density at radius 2 is 2.15 bits per heavy atom. The molecule has 3 rings (SSSR count). The van der Waals surface area contributed by atoms with Crippen LogP contribution in [-0.2, 0) is 16.6 Å². The highest BCUT2D eigenvalue weighted by Gasteiger charge is 2.25. The SMILES string of the molecule is CN(C(=O)c1cccc(S(=O)(=O)NCc2cccs2)c1)C1CCNC1.Cl. The van der Waals surface area contributed by atoms with Gasteiger partial charge in [0.2, 0.25) is 10.0 Å². The molecule has 26 heavy (non-hydrogen) atoms. The van der Waals surface area contributed by atoms with Crippen LogP contribution >= 0.6 is 23.7 Å². The molecule has 1 aliphatic heterocycles. The molecule has 1 unspecified atom stereocenters. The van der Waals surface area contributed by atoms with Crippen molar-refractivity contribution in [1.82, 2.24) is 14.9 Å². The molecular formula is C17H22ClN3O3S2. The van der Waals surface area contributed by atoms with Crippen molar-refractivity contribution in [2.24, 2.45) is 0 Å². The van der Waals surface area contributed by atoms with Crippen LogP contribution in [0.25, 0.3) is 0 Å². The summed E-state index contributed by atoms with van der Waals surface area (Å²) in [6.07, 6.45) is 0.905. The number of rotatable bonds is 6. The fourth-order valence-corrected chi connectivity index (χ4v) is 4.59. The van der Waals surface area contributed by atoms with Gasteiger partial charge in [-0.2, -0.15) is 0 Å². The number of hydrogen-bond donors (Lipinski definition) is 2. The van der Waals surface area contributed by atoms with Crippen LogP contribution in [0.3, 0.4) is 0 Å². The minimum atomic E-state index is -3.66. The standard InChI is InChI=1S/C17H21N3O3S2.ClH/c1-20(14-7-8-18-11-14)17(21)13-4-2-6-16(10-13)25(22,23)19-12-15-5-3-9-24-15;/h2-6,9-10,14,18-19H,7-8,11-12H2,1H3;1H. The van der Waals surface area contributed by atoms with Crippen LogP contribution in [0.5, 0.6) is 0 Å². The second-order valence-corrected chi connectivity index (χ2v) is 8.79. The number of amides is 1. The molecule has 1 aliphatic rings. The second kappa shape index (κ2) is 8.96. The summed E-state index contributed by atoms with van der Waals surface area (Å²) in [7, 11) is -1.90. The maximum Gasteiger partial charge on any atom is 0.253 e. The highest BCUT2D eigenvalue weighted by molar-refractivity contribution is 7.89. The third-order valence-corrected chi connectivity index (χ3v) is 6.59. The molecule has 1 amide bonds. The Bertz CT molecular complexity index is 835. The molecule has 1 fully saturated rings. The first-order valence-corrected chi connectivity index (χ1v) is 10.4. The smallest absolute Gasteiger partial charge is 0.253 e. The van der Waals surface area contributed by atoms with E-state index < -0.39 is 10.0 Å². The summed E-state index contributed by atoms with van der Waals surface area (Å²) in [6, 6.07) is 10.1. The van der Waals surface area contributed by atoms with Gasteiger partial charge in [-0.05, 0) is 42.6 Å². The number of hydrogen-bond acceptors (Lipinski definition) is 5. The van der Waals surface area contributed by atoms with Crippen molar-refractivity contribution >= 4 is 39.7 Å². The first-order valence-electron chi connectivity index (χ1n) is 8.07. The van der Waals surface area contributed by atoms with Crippen molar-refractivity contribution in [1.29, 1.82) is 0 Å². The average molecular weight is 416 g/mol. The van der Waals surface area contributed by atoms with E-state index in [1.54, 1.807) is 24.1 Å². The molecule has 0 spiro atoms. The Morgan fingerprint density at radius 3 is 2.81 bits per heavy atom. The zero-order chi connectivity index (χ0) is 17.9. The van der Waals surface area contributed by atoms with Crippen molar-refractivity contribution in [3.63, 3.8) is 0 Å². The Morgan fingerprint density at radius 1 is 1.35 bits per heavy atom. The molecule has 1 saturated heterocycles. The zero-order valence-electron chi connectivity index (χ0n) is 14.3. The minimum Gasteiger partial charge on any atom is -0.337 e. The molecule has 6 nitrogen and oxygen atoms in total. The maximum atomic E-state index is 12.6. The second-order valence-electron chi connectivity index (χ2n) is 5.99. The van der Waals surface area contributed by atoms with Gasteiger partial charge in [0.25, 0.3) is 5.91 Å². The molecule has 1 aromatic carbocycles. The number of sulfonamides is 1. The van der Waals surface area contributed by atoms with Crippen LogP contribution in [0, 0.1) is 0 Å². The first-order chi connectivity index (χ1) is 12.0. The number of carbonyl (C=O) groups is 1. The van der Waals surface area contributed by atoms with Crippen LogP contribution in [0.4, 0.5) is 0 Å². The first kappa shape index (κ1) is 20.9. The van der Waals surface area contributed by atoms with Gasteiger partial charge in [0.15, 0.2) is 0 Å². The van der Waals surface area contributed by atoms with Crippen molar-refractivity contribution in [3.05, 3.63) is 52.2 Å². The van der Waals surface area contributed by atoms with Crippen LogP contribution in [0.1, 0.15) is 21.7 Å². The average Bonchev–Trinajstić information content (AvgIpc) is 3.32.